The Morgan fingerprint density at radius 2 is 1.94 bits per heavy atom. The molecule has 0 saturated carbocycles. The summed E-state index contributed by atoms with van der Waals surface area (Å²) < 4.78 is 14.8. The van der Waals surface area contributed by atoms with Gasteiger partial charge in [0.2, 0.25) is 4.96 Å². The highest BCUT2D eigenvalue weighted by Gasteiger charge is 2.22. The van der Waals surface area contributed by atoms with Gasteiger partial charge < -0.3 is 10.2 Å². The molecule has 1 aliphatic rings. The number of piperazine rings is 1. The number of nitrogens with one attached hydrogen (secondary N) is 1. The van der Waals surface area contributed by atoms with Gasteiger partial charge in [-0.05, 0) is 36.8 Å². The molecule has 35 heavy (non-hydrogen) atoms. The van der Waals surface area contributed by atoms with Crippen molar-refractivity contribution >= 4 is 39.6 Å². The summed E-state index contributed by atoms with van der Waals surface area (Å²) in [5.41, 5.74) is 2.56. The summed E-state index contributed by atoms with van der Waals surface area (Å²) in [7, 11) is 0. The molecule has 5 rings (SSSR count). The van der Waals surface area contributed by atoms with Crippen LogP contribution in [0.25, 0.3) is 15.5 Å². The van der Waals surface area contributed by atoms with Crippen LogP contribution in [0.4, 0.5) is 14.9 Å². The minimum atomic E-state index is -0.363. The molecule has 1 N–H and O–H groups in total. The van der Waals surface area contributed by atoms with E-state index in [0.29, 0.717) is 64.7 Å². The molecule has 0 unspecified atom stereocenters. The maximum Gasteiger partial charge on any atom is 0.321 e. The number of halogens is 2. The molecule has 1 saturated heterocycles. The third-order valence-electron chi connectivity index (χ3n) is 5.78. The van der Waals surface area contributed by atoms with E-state index in [9.17, 15) is 14.0 Å². The van der Waals surface area contributed by atoms with E-state index in [1.165, 1.54) is 34.1 Å². The van der Waals surface area contributed by atoms with Gasteiger partial charge in [0.05, 0.1) is 16.4 Å². The monoisotopic (exact) mass is 512 g/mol. The van der Waals surface area contributed by atoms with Crippen molar-refractivity contribution in [1.29, 1.82) is 0 Å². The fourth-order valence-corrected chi connectivity index (χ4v) is 5.13. The first-order valence-electron chi connectivity index (χ1n) is 11.1. The smallest absolute Gasteiger partial charge is 0.321 e. The molecule has 2 aromatic heterocycles. The van der Waals surface area contributed by atoms with Crippen molar-refractivity contribution < 1.29 is 9.18 Å². The molecule has 2 aromatic carbocycles. The lowest BCUT2D eigenvalue weighted by atomic mass is 10.2. The second-order valence-electron chi connectivity index (χ2n) is 8.37. The summed E-state index contributed by atoms with van der Waals surface area (Å²) in [6, 6.07) is 12.9. The maximum absolute atomic E-state index is 13.6. The van der Waals surface area contributed by atoms with Crippen molar-refractivity contribution in [3.05, 3.63) is 81.0 Å². The van der Waals surface area contributed by atoms with Gasteiger partial charge >= 0.3 is 6.03 Å². The highest BCUT2D eigenvalue weighted by molar-refractivity contribution is 7.19. The highest BCUT2D eigenvalue weighted by Crippen LogP contribution is 2.25. The fourth-order valence-electron chi connectivity index (χ4n) is 3.93. The van der Waals surface area contributed by atoms with Crippen LogP contribution < -0.4 is 10.9 Å². The number of benzene rings is 2. The highest BCUT2D eigenvalue weighted by atomic mass is 35.5. The van der Waals surface area contributed by atoms with Gasteiger partial charge in [-0.3, -0.25) is 9.69 Å². The van der Waals surface area contributed by atoms with Crippen molar-refractivity contribution in [2.24, 2.45) is 0 Å². The molecule has 0 atom stereocenters. The van der Waals surface area contributed by atoms with Crippen LogP contribution in [0.2, 0.25) is 5.02 Å². The zero-order valence-electron chi connectivity index (χ0n) is 18.9. The van der Waals surface area contributed by atoms with Crippen molar-refractivity contribution in [2.45, 2.75) is 13.5 Å². The average Bonchev–Trinajstić information content (AvgIpc) is 3.26. The number of carbonyl (C=O) groups is 1. The molecule has 4 aromatic rings. The Balaban J connectivity index is 1.23. The van der Waals surface area contributed by atoms with E-state index in [1.54, 1.807) is 23.1 Å². The van der Waals surface area contributed by atoms with Gasteiger partial charge in [-0.2, -0.15) is 9.61 Å². The molecule has 11 heteroatoms. The Morgan fingerprint density at radius 1 is 1.14 bits per heavy atom. The van der Waals surface area contributed by atoms with E-state index in [1.807, 2.05) is 19.1 Å². The van der Waals surface area contributed by atoms with Crippen molar-refractivity contribution in [2.75, 3.05) is 31.5 Å². The molecule has 0 aliphatic carbocycles. The first-order valence-corrected chi connectivity index (χ1v) is 12.3. The van der Waals surface area contributed by atoms with Gasteiger partial charge in [-0.25, -0.2) is 14.2 Å². The lowest BCUT2D eigenvalue weighted by Gasteiger charge is -2.34. The first-order chi connectivity index (χ1) is 16.9. The number of nitrogens with zero attached hydrogens (tertiary/aromatic N) is 5. The summed E-state index contributed by atoms with van der Waals surface area (Å²) in [5.74, 6) is -0.363. The number of aryl methyl sites for hydroxylation is 1. The minimum absolute atomic E-state index is 0.192. The minimum Gasteiger partial charge on any atom is -0.322 e. The Labute approximate surface area is 209 Å². The van der Waals surface area contributed by atoms with Crippen molar-refractivity contribution in [3.8, 4) is 10.6 Å². The van der Waals surface area contributed by atoms with E-state index >= 15 is 0 Å². The number of fused-ring (bicyclic) bond motifs is 1. The second-order valence-corrected chi connectivity index (χ2v) is 9.74. The molecular weight excluding hydrogens is 491 g/mol. The quantitative estimate of drug-likeness (QED) is 0.441. The lowest BCUT2D eigenvalue weighted by molar-refractivity contribution is 0.142. The average molecular weight is 513 g/mol. The van der Waals surface area contributed by atoms with Crippen molar-refractivity contribution in [3.63, 3.8) is 0 Å². The van der Waals surface area contributed by atoms with Gasteiger partial charge in [0.15, 0.2) is 0 Å². The van der Waals surface area contributed by atoms with E-state index in [-0.39, 0.29) is 17.4 Å². The lowest BCUT2D eigenvalue weighted by Crippen LogP contribution is -2.49. The number of carbonyl (C=O) groups excluding carboxylic acids is 1. The fraction of sp³-hybridized carbons (Fsp3) is 0.250. The van der Waals surface area contributed by atoms with E-state index in [4.69, 9.17) is 11.6 Å². The summed E-state index contributed by atoms with van der Waals surface area (Å²) in [5, 5.41) is 8.21. The molecule has 2 amide bonds. The molecule has 8 nitrogen and oxygen atoms in total. The number of hydrogen-bond acceptors (Lipinski definition) is 6. The Kier molecular flexibility index (Phi) is 6.50. The van der Waals surface area contributed by atoms with Gasteiger partial charge in [-0.1, -0.05) is 41.1 Å². The van der Waals surface area contributed by atoms with Gasteiger partial charge in [-0.15, -0.1) is 0 Å². The molecule has 0 radical (unpaired) electrons. The van der Waals surface area contributed by atoms with Crippen LogP contribution in [-0.2, 0) is 6.54 Å². The summed E-state index contributed by atoms with van der Waals surface area (Å²) >= 11 is 7.47. The Morgan fingerprint density at radius 3 is 2.69 bits per heavy atom. The summed E-state index contributed by atoms with van der Waals surface area (Å²) in [6.07, 6.45) is 0. The van der Waals surface area contributed by atoms with Crippen LogP contribution in [-0.4, -0.2) is 56.6 Å². The maximum atomic E-state index is 13.6. The van der Waals surface area contributed by atoms with Gasteiger partial charge in [0.1, 0.15) is 10.8 Å². The van der Waals surface area contributed by atoms with Crippen LogP contribution in [0.1, 0.15) is 11.3 Å². The molecule has 0 spiro atoms. The van der Waals surface area contributed by atoms with Crippen LogP contribution in [0, 0.1) is 12.7 Å². The van der Waals surface area contributed by atoms with Crippen LogP contribution >= 0.6 is 22.9 Å². The third-order valence-corrected chi connectivity index (χ3v) is 7.05. The Bertz CT molecular complexity index is 1460. The zero-order valence-corrected chi connectivity index (χ0v) is 20.4. The third kappa shape index (κ3) is 5.19. The summed E-state index contributed by atoms with van der Waals surface area (Å²) in [6.45, 7) is 4.80. The van der Waals surface area contributed by atoms with Gasteiger partial charge in [0.25, 0.3) is 5.56 Å². The SMILES string of the molecule is Cc1ccc(NC(=O)N2CCN(Cc3cc(=O)n4nc(-c5cccc(F)c5)sc4n3)CC2)c(Cl)c1. The standard InChI is InChI=1S/C24H22ClFN6O2S/c1-15-5-6-20(19(25)11-15)28-23(34)31-9-7-30(8-10-31)14-18-13-21(33)32-24(27-18)35-22(29-32)16-3-2-4-17(26)12-16/h2-6,11-13H,7-10,14H2,1H3,(H,28,34). The normalized spacial score (nSPS) is 14.4. The first kappa shape index (κ1) is 23.4. The predicted octanol–water partition coefficient (Wildman–Crippen LogP) is 4.27. The molecule has 180 valence electrons. The molecule has 0 bridgehead atoms. The largest absolute Gasteiger partial charge is 0.322 e. The van der Waals surface area contributed by atoms with Crippen LogP contribution in [0.5, 0.6) is 0 Å². The second kappa shape index (κ2) is 9.73. The van der Waals surface area contributed by atoms with Crippen LogP contribution in [0.3, 0.4) is 0 Å². The number of hydrogen-bond donors (Lipinski definition) is 1. The number of amides is 2. The molecule has 1 aliphatic heterocycles. The topological polar surface area (TPSA) is 82.8 Å². The predicted molar refractivity (Wildman–Crippen MR) is 135 cm³/mol. The molecule has 1 fully saturated rings. The number of urea groups is 1. The zero-order chi connectivity index (χ0) is 24.5. The molecule has 3 heterocycles. The number of aromatic nitrogens is 3. The summed E-state index contributed by atoms with van der Waals surface area (Å²) in [4.78, 5) is 34.2. The van der Waals surface area contributed by atoms with E-state index in [2.05, 4.69) is 20.3 Å². The van der Waals surface area contributed by atoms with Crippen LogP contribution in [0.15, 0.2) is 53.3 Å². The van der Waals surface area contributed by atoms with Gasteiger partial charge in [0, 0.05) is 44.4 Å². The van der Waals surface area contributed by atoms with E-state index < -0.39 is 0 Å². The number of rotatable bonds is 4. The molecular formula is C24H22ClFN6O2S. The Hall–Kier alpha value is -3.34. The van der Waals surface area contributed by atoms with E-state index in [0.717, 1.165) is 5.56 Å². The number of anilines is 1. The van der Waals surface area contributed by atoms with Crippen molar-refractivity contribution in [1.82, 2.24) is 24.4 Å².